The summed E-state index contributed by atoms with van der Waals surface area (Å²) in [7, 11) is 0. The highest BCUT2D eigenvalue weighted by molar-refractivity contribution is 8.02. The SMILES string of the molecule is CCN(CC)C(=O)C(C)Sc1nncs1. The van der Waals surface area contributed by atoms with Gasteiger partial charge < -0.3 is 4.90 Å². The Hall–Kier alpha value is -0.620. The normalized spacial score (nSPS) is 12.5. The minimum absolute atomic E-state index is 0.0853. The zero-order chi connectivity index (χ0) is 11.3. The fourth-order valence-electron chi connectivity index (χ4n) is 1.21. The van der Waals surface area contributed by atoms with Gasteiger partial charge in [-0.2, -0.15) is 0 Å². The van der Waals surface area contributed by atoms with Gasteiger partial charge in [-0.15, -0.1) is 10.2 Å². The molecule has 1 aromatic heterocycles. The van der Waals surface area contributed by atoms with Crippen LogP contribution in [0.15, 0.2) is 9.85 Å². The average Bonchev–Trinajstić information content (AvgIpc) is 2.72. The summed E-state index contributed by atoms with van der Waals surface area (Å²) in [6.45, 7) is 7.41. The lowest BCUT2D eigenvalue weighted by atomic mass is 10.4. The highest BCUT2D eigenvalue weighted by Crippen LogP contribution is 2.25. The van der Waals surface area contributed by atoms with Crippen LogP contribution in [0.2, 0.25) is 0 Å². The van der Waals surface area contributed by atoms with Crippen LogP contribution < -0.4 is 0 Å². The second-order valence-corrected chi connectivity index (χ2v) is 5.40. The Bertz CT molecular complexity index is 298. The number of carbonyl (C=O) groups excluding carboxylic acids is 1. The molecule has 0 aliphatic carbocycles. The van der Waals surface area contributed by atoms with Gasteiger partial charge in [0, 0.05) is 13.1 Å². The second-order valence-electron chi connectivity index (χ2n) is 2.98. The van der Waals surface area contributed by atoms with Crippen LogP contribution in [0.25, 0.3) is 0 Å². The maximum Gasteiger partial charge on any atom is 0.235 e. The van der Waals surface area contributed by atoms with E-state index >= 15 is 0 Å². The van der Waals surface area contributed by atoms with Gasteiger partial charge in [0.25, 0.3) is 0 Å². The van der Waals surface area contributed by atoms with Crippen LogP contribution in [0.5, 0.6) is 0 Å². The van der Waals surface area contributed by atoms with Gasteiger partial charge >= 0.3 is 0 Å². The van der Waals surface area contributed by atoms with E-state index in [9.17, 15) is 4.79 Å². The van der Waals surface area contributed by atoms with E-state index in [1.807, 2.05) is 25.7 Å². The third kappa shape index (κ3) is 3.46. The smallest absolute Gasteiger partial charge is 0.235 e. The monoisotopic (exact) mass is 245 g/mol. The zero-order valence-corrected chi connectivity index (χ0v) is 10.8. The van der Waals surface area contributed by atoms with Crippen molar-refractivity contribution >= 4 is 29.0 Å². The topological polar surface area (TPSA) is 46.1 Å². The second kappa shape index (κ2) is 6.07. The van der Waals surface area contributed by atoms with Crippen LogP contribution in [0.1, 0.15) is 20.8 Å². The summed E-state index contributed by atoms with van der Waals surface area (Å²) in [4.78, 5) is 13.7. The quantitative estimate of drug-likeness (QED) is 0.743. The molecule has 0 aliphatic rings. The largest absolute Gasteiger partial charge is 0.342 e. The molecule has 0 aromatic carbocycles. The molecule has 1 atom stereocenters. The van der Waals surface area contributed by atoms with Gasteiger partial charge in [0.2, 0.25) is 5.91 Å². The minimum Gasteiger partial charge on any atom is -0.342 e. The molecule has 0 radical (unpaired) electrons. The highest BCUT2D eigenvalue weighted by Gasteiger charge is 2.20. The lowest BCUT2D eigenvalue weighted by Gasteiger charge is -2.21. The maximum atomic E-state index is 11.9. The number of carbonyl (C=O) groups is 1. The summed E-state index contributed by atoms with van der Waals surface area (Å²) in [5, 5.41) is 7.57. The summed E-state index contributed by atoms with van der Waals surface area (Å²) in [5.41, 5.74) is 1.68. The van der Waals surface area contributed by atoms with Crippen molar-refractivity contribution in [2.24, 2.45) is 0 Å². The third-order valence-electron chi connectivity index (χ3n) is 2.04. The molecule has 4 nitrogen and oxygen atoms in total. The molecule has 1 aromatic rings. The fourth-order valence-corrected chi connectivity index (χ4v) is 2.92. The zero-order valence-electron chi connectivity index (χ0n) is 9.14. The molecule has 0 spiro atoms. The van der Waals surface area contributed by atoms with E-state index in [0.29, 0.717) is 0 Å². The van der Waals surface area contributed by atoms with Gasteiger partial charge in [-0.1, -0.05) is 23.1 Å². The van der Waals surface area contributed by atoms with Gasteiger partial charge in [-0.05, 0) is 20.8 Å². The molecule has 1 rings (SSSR count). The van der Waals surface area contributed by atoms with Crippen LogP contribution >= 0.6 is 23.1 Å². The Labute approximate surface area is 98.1 Å². The first-order valence-electron chi connectivity index (χ1n) is 4.90. The first kappa shape index (κ1) is 12.4. The first-order chi connectivity index (χ1) is 7.19. The average molecular weight is 245 g/mol. The van der Waals surface area contributed by atoms with Crippen LogP contribution in [0.3, 0.4) is 0 Å². The predicted octanol–water partition coefficient (Wildman–Crippen LogP) is 1.89. The van der Waals surface area contributed by atoms with E-state index < -0.39 is 0 Å². The number of thioether (sulfide) groups is 1. The molecule has 6 heteroatoms. The van der Waals surface area contributed by atoms with Crippen molar-refractivity contribution in [2.45, 2.75) is 30.4 Å². The number of hydrogen-bond donors (Lipinski definition) is 0. The van der Waals surface area contributed by atoms with E-state index in [2.05, 4.69) is 10.2 Å². The molecule has 0 bridgehead atoms. The minimum atomic E-state index is -0.0853. The van der Waals surface area contributed by atoms with E-state index in [0.717, 1.165) is 17.4 Å². The van der Waals surface area contributed by atoms with E-state index in [4.69, 9.17) is 0 Å². The van der Waals surface area contributed by atoms with Gasteiger partial charge in [-0.25, -0.2) is 0 Å². The Morgan fingerprint density at radius 3 is 2.73 bits per heavy atom. The molecule has 1 unspecified atom stereocenters. The molecule has 0 fully saturated rings. The molecule has 0 N–H and O–H groups in total. The summed E-state index contributed by atoms with van der Waals surface area (Å²) in [6.07, 6.45) is 0. The Morgan fingerprint density at radius 2 is 2.27 bits per heavy atom. The van der Waals surface area contributed by atoms with Crippen LogP contribution in [-0.4, -0.2) is 39.3 Å². The summed E-state index contributed by atoms with van der Waals surface area (Å²) in [5.74, 6) is 0.167. The molecular formula is C9H15N3OS2. The lowest BCUT2D eigenvalue weighted by molar-refractivity contribution is -0.129. The maximum absolute atomic E-state index is 11.9. The standard InChI is InChI=1S/C9H15N3OS2/c1-4-12(5-2)8(13)7(3)15-9-11-10-6-14-9/h6-7H,4-5H2,1-3H3. The van der Waals surface area contributed by atoms with Crippen LogP contribution in [0, 0.1) is 0 Å². The van der Waals surface area contributed by atoms with Crippen molar-refractivity contribution in [1.29, 1.82) is 0 Å². The van der Waals surface area contributed by atoms with E-state index in [-0.39, 0.29) is 11.2 Å². The van der Waals surface area contributed by atoms with Gasteiger partial charge in [0.15, 0.2) is 4.34 Å². The molecule has 0 saturated carbocycles. The van der Waals surface area contributed by atoms with Crippen molar-refractivity contribution in [3.63, 3.8) is 0 Å². The Kier molecular flexibility index (Phi) is 5.04. The number of rotatable bonds is 5. The number of amides is 1. The first-order valence-corrected chi connectivity index (χ1v) is 6.66. The Balaban J connectivity index is 2.53. The van der Waals surface area contributed by atoms with Gasteiger partial charge in [0.05, 0.1) is 5.25 Å². The number of hydrogen-bond acceptors (Lipinski definition) is 5. The molecule has 1 heterocycles. The van der Waals surface area contributed by atoms with Crippen molar-refractivity contribution in [3.05, 3.63) is 5.51 Å². The molecule has 1 amide bonds. The summed E-state index contributed by atoms with van der Waals surface area (Å²) >= 11 is 2.94. The molecule has 0 aliphatic heterocycles. The van der Waals surface area contributed by atoms with Crippen molar-refractivity contribution in [2.75, 3.05) is 13.1 Å². The van der Waals surface area contributed by atoms with Crippen molar-refractivity contribution in [1.82, 2.24) is 15.1 Å². The van der Waals surface area contributed by atoms with E-state index in [1.165, 1.54) is 23.1 Å². The Morgan fingerprint density at radius 1 is 1.60 bits per heavy atom. The summed E-state index contributed by atoms with van der Waals surface area (Å²) < 4.78 is 0.850. The number of nitrogens with zero attached hydrogens (tertiary/aromatic N) is 3. The van der Waals surface area contributed by atoms with Crippen LogP contribution in [0.4, 0.5) is 0 Å². The van der Waals surface area contributed by atoms with Gasteiger partial charge in [0.1, 0.15) is 5.51 Å². The van der Waals surface area contributed by atoms with Gasteiger partial charge in [-0.3, -0.25) is 4.79 Å². The highest BCUT2D eigenvalue weighted by atomic mass is 32.2. The molecule has 15 heavy (non-hydrogen) atoms. The van der Waals surface area contributed by atoms with E-state index in [1.54, 1.807) is 5.51 Å². The molecular weight excluding hydrogens is 230 g/mol. The fraction of sp³-hybridized carbons (Fsp3) is 0.667. The van der Waals surface area contributed by atoms with Crippen LogP contribution in [-0.2, 0) is 4.79 Å². The van der Waals surface area contributed by atoms with Crippen molar-refractivity contribution < 1.29 is 4.79 Å². The molecule has 0 saturated heterocycles. The lowest BCUT2D eigenvalue weighted by Crippen LogP contribution is -2.36. The predicted molar refractivity (Wildman–Crippen MR) is 63.2 cm³/mol. The van der Waals surface area contributed by atoms with Crippen molar-refractivity contribution in [3.8, 4) is 0 Å². The number of aromatic nitrogens is 2. The molecule has 84 valence electrons. The summed E-state index contributed by atoms with van der Waals surface area (Å²) in [6, 6.07) is 0. The third-order valence-corrected chi connectivity index (χ3v) is 3.94.